The Hall–Kier alpha value is 0.0300. The third-order valence-electron chi connectivity index (χ3n) is 2.59. The second-order valence-corrected chi connectivity index (χ2v) is 4.58. The highest BCUT2D eigenvalue weighted by Gasteiger charge is 1.97. The van der Waals surface area contributed by atoms with Crippen LogP contribution in [0.1, 0.15) is 64.7 Å². The SMILES string of the molecule is C=CC(Cl)CCCCCCCCCC. The van der Waals surface area contributed by atoms with E-state index in [1.54, 1.807) is 0 Å². The van der Waals surface area contributed by atoms with Crippen molar-refractivity contribution in [2.24, 2.45) is 0 Å². The van der Waals surface area contributed by atoms with Gasteiger partial charge in [0.05, 0.1) is 5.38 Å². The Morgan fingerprint density at radius 3 is 2.00 bits per heavy atom. The Balaban J connectivity index is 2.95. The van der Waals surface area contributed by atoms with E-state index in [9.17, 15) is 0 Å². The van der Waals surface area contributed by atoms with Crippen LogP contribution in [0.5, 0.6) is 0 Å². The number of hydrogen-bond donors (Lipinski definition) is 0. The molecule has 0 rings (SSSR count). The summed E-state index contributed by atoms with van der Waals surface area (Å²) in [5, 5.41) is 0.190. The lowest BCUT2D eigenvalue weighted by Crippen LogP contribution is -1.92. The van der Waals surface area contributed by atoms with E-state index >= 15 is 0 Å². The lowest BCUT2D eigenvalue weighted by atomic mass is 10.1. The predicted molar refractivity (Wildman–Crippen MR) is 67.1 cm³/mol. The lowest BCUT2D eigenvalue weighted by molar-refractivity contribution is 0.567. The zero-order chi connectivity index (χ0) is 10.6. The van der Waals surface area contributed by atoms with E-state index in [4.69, 9.17) is 11.6 Å². The molecular formula is C13H25Cl. The molecule has 84 valence electrons. The van der Waals surface area contributed by atoms with Crippen LogP contribution in [-0.4, -0.2) is 5.38 Å². The maximum absolute atomic E-state index is 5.93. The number of hydrogen-bond acceptors (Lipinski definition) is 0. The normalized spacial score (nSPS) is 12.7. The minimum absolute atomic E-state index is 0.190. The van der Waals surface area contributed by atoms with Crippen LogP contribution in [0.25, 0.3) is 0 Å². The van der Waals surface area contributed by atoms with Crippen LogP contribution in [0.2, 0.25) is 0 Å². The molecule has 0 aliphatic carbocycles. The van der Waals surface area contributed by atoms with Gasteiger partial charge in [0, 0.05) is 0 Å². The molecule has 0 aromatic rings. The highest BCUT2D eigenvalue weighted by Crippen LogP contribution is 2.12. The largest absolute Gasteiger partial charge is 0.118 e. The molecular weight excluding hydrogens is 192 g/mol. The second-order valence-electron chi connectivity index (χ2n) is 4.02. The first-order chi connectivity index (χ1) is 6.81. The third kappa shape index (κ3) is 10.1. The van der Waals surface area contributed by atoms with Gasteiger partial charge in [-0.25, -0.2) is 0 Å². The van der Waals surface area contributed by atoms with Gasteiger partial charge in [0.1, 0.15) is 0 Å². The van der Waals surface area contributed by atoms with Crippen molar-refractivity contribution in [3.63, 3.8) is 0 Å². The summed E-state index contributed by atoms with van der Waals surface area (Å²) in [5.74, 6) is 0. The molecule has 0 N–H and O–H groups in total. The van der Waals surface area contributed by atoms with Gasteiger partial charge in [-0.2, -0.15) is 0 Å². The van der Waals surface area contributed by atoms with Gasteiger partial charge >= 0.3 is 0 Å². The van der Waals surface area contributed by atoms with E-state index in [0.717, 1.165) is 6.42 Å². The van der Waals surface area contributed by atoms with Gasteiger partial charge in [-0.1, -0.05) is 64.4 Å². The fraction of sp³-hybridized carbons (Fsp3) is 0.846. The monoisotopic (exact) mass is 216 g/mol. The molecule has 1 heteroatoms. The fourth-order valence-corrected chi connectivity index (χ4v) is 1.75. The van der Waals surface area contributed by atoms with E-state index in [1.165, 1.54) is 51.4 Å². The maximum Gasteiger partial charge on any atom is 0.0513 e. The van der Waals surface area contributed by atoms with E-state index in [0.29, 0.717) is 0 Å². The van der Waals surface area contributed by atoms with Crippen molar-refractivity contribution in [1.82, 2.24) is 0 Å². The summed E-state index contributed by atoms with van der Waals surface area (Å²) in [7, 11) is 0. The van der Waals surface area contributed by atoms with Crippen LogP contribution in [0.4, 0.5) is 0 Å². The average Bonchev–Trinajstić information content (AvgIpc) is 2.21. The molecule has 0 spiro atoms. The van der Waals surface area contributed by atoms with Gasteiger partial charge in [0.2, 0.25) is 0 Å². The smallest absolute Gasteiger partial charge is 0.0513 e. The Morgan fingerprint density at radius 2 is 1.50 bits per heavy atom. The first kappa shape index (κ1) is 14.0. The first-order valence-corrected chi connectivity index (χ1v) is 6.51. The highest BCUT2D eigenvalue weighted by molar-refractivity contribution is 6.21. The summed E-state index contributed by atoms with van der Waals surface area (Å²) in [6.07, 6.45) is 13.9. The Bertz CT molecular complexity index is 120. The Labute approximate surface area is 94.7 Å². The number of alkyl halides is 1. The van der Waals surface area contributed by atoms with Crippen molar-refractivity contribution in [2.45, 2.75) is 70.1 Å². The molecule has 1 unspecified atom stereocenters. The van der Waals surface area contributed by atoms with Crippen LogP contribution >= 0.6 is 11.6 Å². The predicted octanol–water partition coefficient (Wildman–Crippen LogP) is 5.31. The minimum atomic E-state index is 0.190. The van der Waals surface area contributed by atoms with Crippen LogP contribution in [0.3, 0.4) is 0 Å². The van der Waals surface area contributed by atoms with Crippen LogP contribution in [0.15, 0.2) is 12.7 Å². The second kappa shape index (κ2) is 11.1. The third-order valence-corrected chi connectivity index (χ3v) is 2.99. The molecule has 0 nitrogen and oxygen atoms in total. The van der Waals surface area contributed by atoms with E-state index < -0.39 is 0 Å². The molecule has 1 atom stereocenters. The van der Waals surface area contributed by atoms with E-state index in [1.807, 2.05) is 6.08 Å². The molecule has 0 fully saturated rings. The standard InChI is InChI=1S/C13H25Cl/c1-3-5-6-7-8-9-10-11-12-13(14)4-2/h4,13H,2-3,5-12H2,1H3. The molecule has 0 aromatic carbocycles. The van der Waals surface area contributed by atoms with Crippen molar-refractivity contribution < 1.29 is 0 Å². The highest BCUT2D eigenvalue weighted by atomic mass is 35.5. The van der Waals surface area contributed by atoms with Crippen molar-refractivity contribution in [3.8, 4) is 0 Å². The fourth-order valence-electron chi connectivity index (χ4n) is 1.59. The maximum atomic E-state index is 5.93. The van der Waals surface area contributed by atoms with Gasteiger partial charge in [-0.05, 0) is 6.42 Å². The van der Waals surface area contributed by atoms with E-state index in [-0.39, 0.29) is 5.38 Å². The van der Waals surface area contributed by atoms with E-state index in [2.05, 4.69) is 13.5 Å². The van der Waals surface area contributed by atoms with Crippen LogP contribution in [0, 0.1) is 0 Å². The van der Waals surface area contributed by atoms with Gasteiger partial charge in [0.15, 0.2) is 0 Å². The Morgan fingerprint density at radius 1 is 1.00 bits per heavy atom. The van der Waals surface area contributed by atoms with Crippen molar-refractivity contribution in [2.75, 3.05) is 0 Å². The van der Waals surface area contributed by atoms with Crippen molar-refractivity contribution >= 4 is 11.6 Å². The zero-order valence-electron chi connectivity index (χ0n) is 9.60. The zero-order valence-corrected chi connectivity index (χ0v) is 10.4. The summed E-state index contributed by atoms with van der Waals surface area (Å²) in [4.78, 5) is 0. The molecule has 0 aromatic heterocycles. The summed E-state index contributed by atoms with van der Waals surface area (Å²) in [6, 6.07) is 0. The molecule has 0 amide bonds. The van der Waals surface area contributed by atoms with Crippen molar-refractivity contribution in [3.05, 3.63) is 12.7 Å². The molecule has 0 aliphatic heterocycles. The molecule has 0 saturated carbocycles. The number of halogens is 1. The topological polar surface area (TPSA) is 0 Å². The summed E-state index contributed by atoms with van der Waals surface area (Å²) in [5.41, 5.74) is 0. The van der Waals surface area contributed by atoms with Gasteiger partial charge in [0.25, 0.3) is 0 Å². The summed E-state index contributed by atoms with van der Waals surface area (Å²) in [6.45, 7) is 5.94. The molecule has 0 bridgehead atoms. The molecule has 14 heavy (non-hydrogen) atoms. The molecule has 0 saturated heterocycles. The molecule has 0 aliphatic rings. The van der Waals surface area contributed by atoms with Gasteiger partial charge < -0.3 is 0 Å². The van der Waals surface area contributed by atoms with Gasteiger partial charge in [-0.3, -0.25) is 0 Å². The minimum Gasteiger partial charge on any atom is -0.118 e. The quantitative estimate of drug-likeness (QED) is 0.264. The van der Waals surface area contributed by atoms with Crippen LogP contribution < -0.4 is 0 Å². The van der Waals surface area contributed by atoms with Crippen LogP contribution in [-0.2, 0) is 0 Å². The van der Waals surface area contributed by atoms with Crippen molar-refractivity contribution in [1.29, 1.82) is 0 Å². The number of unbranched alkanes of at least 4 members (excludes halogenated alkanes) is 7. The Kier molecular flexibility index (Phi) is 11.1. The number of allylic oxidation sites excluding steroid dienone is 1. The van der Waals surface area contributed by atoms with Gasteiger partial charge in [-0.15, -0.1) is 18.2 Å². The molecule has 0 radical (unpaired) electrons. The lowest BCUT2D eigenvalue weighted by Gasteiger charge is -2.03. The number of rotatable bonds is 10. The summed E-state index contributed by atoms with van der Waals surface area (Å²) >= 11 is 5.93. The average molecular weight is 217 g/mol. The summed E-state index contributed by atoms with van der Waals surface area (Å²) < 4.78 is 0. The molecule has 0 heterocycles. The first-order valence-electron chi connectivity index (χ1n) is 6.08.